The van der Waals surface area contributed by atoms with Crippen molar-refractivity contribution in [2.24, 2.45) is 17.8 Å². The lowest BCUT2D eigenvalue weighted by molar-refractivity contribution is -0.137. The average molecular weight is 471 g/mol. The third kappa shape index (κ3) is 3.17. The Bertz CT molecular complexity index is 1320. The summed E-state index contributed by atoms with van der Waals surface area (Å²) in [6.45, 7) is 1.48. The van der Waals surface area contributed by atoms with Gasteiger partial charge in [0.15, 0.2) is 0 Å². The maximum Gasteiger partial charge on any atom is 0.253 e. The second-order valence-electron chi connectivity index (χ2n) is 10.6. The number of nitrogens with zero attached hydrogens (tertiary/aromatic N) is 1. The zero-order chi connectivity index (χ0) is 23.7. The number of carbonyl (C=O) groups is 2. The number of carbonyl (C=O) groups excluding carboxylic acids is 2. The van der Waals surface area contributed by atoms with E-state index in [-0.39, 0.29) is 23.9 Å². The van der Waals surface area contributed by atoms with Crippen molar-refractivity contribution in [2.45, 2.75) is 37.3 Å². The van der Waals surface area contributed by atoms with Gasteiger partial charge in [-0.1, -0.05) is 30.7 Å². The van der Waals surface area contributed by atoms with Gasteiger partial charge in [0.1, 0.15) is 5.75 Å². The summed E-state index contributed by atoms with van der Waals surface area (Å²) in [5.41, 5.74) is 3.99. The third-order valence-electron chi connectivity index (χ3n) is 8.82. The van der Waals surface area contributed by atoms with Gasteiger partial charge >= 0.3 is 0 Å². The van der Waals surface area contributed by atoms with E-state index in [9.17, 15) is 9.59 Å². The summed E-state index contributed by atoms with van der Waals surface area (Å²) in [7, 11) is 1.62. The number of methoxy groups -OCH3 is 1. The molecule has 0 spiro atoms. The molecule has 2 bridgehead atoms. The highest BCUT2D eigenvalue weighted by Gasteiger charge is 2.59. The molecule has 2 aliphatic carbocycles. The highest BCUT2D eigenvalue weighted by molar-refractivity contribution is 6.09. The molecule has 4 aliphatic rings. The summed E-state index contributed by atoms with van der Waals surface area (Å²) in [5, 5.41) is 7.70. The number of aromatic nitrogens is 1. The van der Waals surface area contributed by atoms with E-state index < -0.39 is 0 Å². The molecule has 2 aromatic carbocycles. The van der Waals surface area contributed by atoms with Crippen LogP contribution in [0.15, 0.2) is 48.7 Å². The molecule has 2 saturated carbocycles. The van der Waals surface area contributed by atoms with Crippen LogP contribution in [0.2, 0.25) is 0 Å². The summed E-state index contributed by atoms with van der Waals surface area (Å²) in [5.74, 6) is 1.92. The number of para-hydroxylation sites is 1. The first-order valence-corrected chi connectivity index (χ1v) is 12.7. The van der Waals surface area contributed by atoms with Crippen LogP contribution in [0, 0.1) is 17.8 Å². The van der Waals surface area contributed by atoms with E-state index in [0.717, 1.165) is 36.8 Å². The number of piperidine rings is 1. The minimum Gasteiger partial charge on any atom is -0.496 e. The maximum absolute atomic E-state index is 13.7. The molecule has 2 unspecified atom stereocenters. The largest absolute Gasteiger partial charge is 0.496 e. The van der Waals surface area contributed by atoms with Crippen LogP contribution in [0.5, 0.6) is 5.75 Å². The number of amides is 2. The molecule has 3 heterocycles. The van der Waals surface area contributed by atoms with Crippen LogP contribution in [0.3, 0.4) is 0 Å². The molecule has 1 aromatic heterocycles. The van der Waals surface area contributed by atoms with Crippen molar-refractivity contribution in [3.63, 3.8) is 0 Å². The van der Waals surface area contributed by atoms with Crippen LogP contribution in [-0.4, -0.2) is 54.0 Å². The topological polar surface area (TPSA) is 86.5 Å². The Kier molecular flexibility index (Phi) is 4.63. The predicted octanol–water partition coefficient (Wildman–Crippen LogP) is 3.74. The lowest BCUT2D eigenvalue weighted by atomic mass is 9.69. The van der Waals surface area contributed by atoms with E-state index >= 15 is 0 Å². The van der Waals surface area contributed by atoms with Gasteiger partial charge in [-0.15, -0.1) is 0 Å². The molecule has 0 radical (unpaired) electrons. The van der Waals surface area contributed by atoms with Gasteiger partial charge in [0.2, 0.25) is 5.91 Å². The van der Waals surface area contributed by atoms with E-state index in [0.29, 0.717) is 35.0 Å². The molecule has 7 heteroatoms. The van der Waals surface area contributed by atoms with Crippen molar-refractivity contribution in [2.75, 3.05) is 25.5 Å². The molecule has 35 heavy (non-hydrogen) atoms. The smallest absolute Gasteiger partial charge is 0.253 e. The average Bonchev–Trinajstić information content (AvgIpc) is 3.22. The van der Waals surface area contributed by atoms with Crippen molar-refractivity contribution >= 4 is 28.4 Å². The van der Waals surface area contributed by atoms with Gasteiger partial charge in [0.05, 0.1) is 24.0 Å². The fraction of sp³-hybridized carbons (Fsp3) is 0.429. The molecule has 7 rings (SSSR count). The van der Waals surface area contributed by atoms with Gasteiger partial charge in [-0.25, -0.2) is 0 Å². The number of anilines is 1. The lowest BCUT2D eigenvalue weighted by Gasteiger charge is -2.45. The molecular formula is C28H30N4O3. The van der Waals surface area contributed by atoms with Crippen LogP contribution in [0.1, 0.15) is 41.1 Å². The van der Waals surface area contributed by atoms with Gasteiger partial charge < -0.3 is 25.3 Å². The standard InChI is InChI=1S/C28H30N4O3/c1-35-23-11-5-9-21-24(23)17(12-29-21)27(33)31-26-18-13-32(14-19(18)26)28(34)25-16-7-4-10-22(25)30-20-8-3-2-6-15(16)20/h2-3,5-6,8-9,11-12,16,18-19,22,25-26,29-30H,4,7,10,13-14H2,1H3,(H,31,33)/t16-,18-,19+,22-,25?,26?/m0/s1. The van der Waals surface area contributed by atoms with Crippen LogP contribution in [-0.2, 0) is 4.79 Å². The Hall–Kier alpha value is -3.48. The Morgan fingerprint density at radius 2 is 1.89 bits per heavy atom. The molecular weight excluding hydrogens is 440 g/mol. The number of fused-ring (bicyclic) bond motifs is 6. The predicted molar refractivity (Wildman–Crippen MR) is 134 cm³/mol. The van der Waals surface area contributed by atoms with Gasteiger partial charge in [-0.05, 0) is 42.5 Å². The van der Waals surface area contributed by atoms with Crippen molar-refractivity contribution in [3.8, 4) is 5.75 Å². The second kappa shape index (κ2) is 7.77. The third-order valence-corrected chi connectivity index (χ3v) is 8.82. The van der Waals surface area contributed by atoms with Gasteiger partial charge in [-0.2, -0.15) is 0 Å². The van der Waals surface area contributed by atoms with Crippen LogP contribution < -0.4 is 15.4 Å². The first kappa shape index (κ1) is 20.9. The van der Waals surface area contributed by atoms with E-state index in [1.165, 1.54) is 17.7 Å². The Morgan fingerprint density at radius 1 is 1.06 bits per heavy atom. The molecule has 1 saturated heterocycles. The number of hydrogen-bond donors (Lipinski definition) is 3. The molecule has 3 fully saturated rings. The van der Waals surface area contributed by atoms with Gasteiger partial charge in [0, 0.05) is 54.4 Å². The first-order valence-electron chi connectivity index (χ1n) is 12.7. The minimum atomic E-state index is -0.0827. The number of hydrogen-bond acceptors (Lipinski definition) is 4. The summed E-state index contributed by atoms with van der Waals surface area (Å²) in [6.07, 6.45) is 5.05. The summed E-state index contributed by atoms with van der Waals surface area (Å²) < 4.78 is 5.47. The van der Waals surface area contributed by atoms with Crippen molar-refractivity contribution < 1.29 is 14.3 Å². The number of rotatable bonds is 4. The van der Waals surface area contributed by atoms with Crippen LogP contribution in [0.25, 0.3) is 10.9 Å². The Labute approximate surface area is 204 Å². The summed E-state index contributed by atoms with van der Waals surface area (Å²) in [4.78, 5) is 32.0. The molecule has 3 aromatic rings. The first-order chi connectivity index (χ1) is 17.1. The highest BCUT2D eigenvalue weighted by Crippen LogP contribution is 2.50. The van der Waals surface area contributed by atoms with Crippen molar-refractivity contribution in [3.05, 3.63) is 59.8 Å². The number of aromatic amines is 1. The number of H-pyrrole nitrogens is 1. The zero-order valence-corrected chi connectivity index (χ0v) is 19.8. The van der Waals surface area contributed by atoms with E-state index in [1.54, 1.807) is 13.3 Å². The fourth-order valence-corrected chi connectivity index (χ4v) is 7.06. The van der Waals surface area contributed by atoms with Crippen LogP contribution >= 0.6 is 0 Å². The SMILES string of the molecule is COc1cccc2[nH]cc(C(=O)NC3[C@H]4CN(C(=O)C5[C@@H]6CCC[C@H]5c5ccccc5N6)C[C@@H]34)c12. The molecule has 2 amide bonds. The number of likely N-dealkylation sites (tertiary alicyclic amines) is 1. The number of benzene rings is 2. The lowest BCUT2D eigenvalue weighted by Crippen LogP contribution is -2.51. The molecule has 180 valence electrons. The normalized spacial score (nSPS) is 30.3. The fourth-order valence-electron chi connectivity index (χ4n) is 7.06. The Balaban J connectivity index is 1.03. The number of nitrogens with one attached hydrogen (secondary N) is 3. The van der Waals surface area contributed by atoms with Crippen molar-refractivity contribution in [1.29, 1.82) is 0 Å². The zero-order valence-electron chi connectivity index (χ0n) is 19.8. The van der Waals surface area contributed by atoms with Gasteiger partial charge in [0.25, 0.3) is 5.91 Å². The van der Waals surface area contributed by atoms with E-state index in [2.05, 4.69) is 44.8 Å². The molecule has 3 N–H and O–H groups in total. The molecule has 7 nitrogen and oxygen atoms in total. The summed E-state index contributed by atoms with van der Waals surface area (Å²) >= 11 is 0. The summed E-state index contributed by atoms with van der Waals surface area (Å²) in [6, 6.07) is 14.6. The Morgan fingerprint density at radius 3 is 2.71 bits per heavy atom. The van der Waals surface area contributed by atoms with Gasteiger partial charge in [-0.3, -0.25) is 9.59 Å². The van der Waals surface area contributed by atoms with E-state index in [4.69, 9.17) is 4.74 Å². The van der Waals surface area contributed by atoms with E-state index in [1.807, 2.05) is 18.2 Å². The maximum atomic E-state index is 13.7. The minimum absolute atomic E-state index is 0.0166. The molecule has 2 aliphatic heterocycles. The highest BCUT2D eigenvalue weighted by atomic mass is 16.5. The van der Waals surface area contributed by atoms with Crippen LogP contribution in [0.4, 0.5) is 5.69 Å². The molecule has 6 atom stereocenters. The van der Waals surface area contributed by atoms with Crippen molar-refractivity contribution in [1.82, 2.24) is 15.2 Å². The quantitative estimate of drug-likeness (QED) is 0.542. The second-order valence-corrected chi connectivity index (χ2v) is 10.6. The monoisotopic (exact) mass is 470 g/mol. The number of ether oxygens (including phenoxy) is 1.